The van der Waals surface area contributed by atoms with E-state index in [1.54, 1.807) is 43.9 Å². The van der Waals surface area contributed by atoms with Crippen molar-refractivity contribution in [1.82, 2.24) is 19.6 Å². The summed E-state index contributed by atoms with van der Waals surface area (Å²) in [6.07, 6.45) is 0.144. The van der Waals surface area contributed by atoms with Crippen LogP contribution in [-0.2, 0) is 41.0 Å². The van der Waals surface area contributed by atoms with Gasteiger partial charge in [0.15, 0.2) is 0 Å². The summed E-state index contributed by atoms with van der Waals surface area (Å²) in [7, 11) is 0. The second-order valence-electron chi connectivity index (χ2n) is 11.5. The van der Waals surface area contributed by atoms with Gasteiger partial charge in [0.2, 0.25) is 0 Å². The topological polar surface area (TPSA) is 208 Å². The maximum absolute atomic E-state index is 12.6. The van der Waals surface area contributed by atoms with Crippen molar-refractivity contribution in [3.05, 3.63) is 29.8 Å². The van der Waals surface area contributed by atoms with Gasteiger partial charge in [-0.25, -0.2) is 0 Å². The number of rotatable bonds is 22. The molecular formula is C32H51GdN4O13. The zero-order valence-corrected chi connectivity index (χ0v) is 30.8. The first kappa shape index (κ1) is 44.1. The molecule has 50 heavy (non-hydrogen) atoms. The molecule has 1 heterocycles. The number of aliphatic hydroxyl groups is 1. The van der Waals surface area contributed by atoms with Gasteiger partial charge in [-0.2, -0.15) is 0 Å². The molecular weight excluding hydrogens is 806 g/mol. The second kappa shape index (κ2) is 25.8. The number of aliphatic carboxylic acids is 3. The standard InChI is InChI=1S/C32H52N4O13.Gd/c1-2-46-15-16-47-17-18-48-19-20-49-26-5-3-25(4-6-26)21-27(31(42)43)35-11-7-33(22-29(38)39)9-13-36(28(24-37)32(44)45)14-10-34(8-12-35)23-30(40)41;/h3-6,27-28,37H,2,7-24H2,1H3,(H,38,39)(H,40,41)(H,42,43)(H,44,45);/q;+1/p-1. The molecule has 285 valence electrons. The Labute approximate surface area is 319 Å². The molecule has 1 aromatic carbocycles. The van der Waals surface area contributed by atoms with Crippen LogP contribution in [0.1, 0.15) is 12.5 Å². The van der Waals surface area contributed by atoms with Gasteiger partial charge in [-0.05, 0) is 24.6 Å². The fourth-order valence-electron chi connectivity index (χ4n) is 5.36. The minimum atomic E-state index is -1.07. The van der Waals surface area contributed by atoms with Crippen LogP contribution in [0.25, 0.3) is 0 Å². The number of benzene rings is 1. The zero-order chi connectivity index (χ0) is 36.7. The number of ether oxygens (including phenoxy) is 4. The van der Waals surface area contributed by atoms with Gasteiger partial charge >= 0.3 is 203 Å². The number of carbonyl (C=O) groups excluding carboxylic acids is 1. The van der Waals surface area contributed by atoms with Crippen LogP contribution >= 0.6 is 0 Å². The SMILES string of the molecule is CCOCCOCCOCCOc1ccc(CC(C(=O)O)N2CCN(CC(=O)O)CCN(C(CO)C(=O)[O][Gd])CCN(CC(=O)O)CC2)cc1. The molecule has 2 rings (SSSR count). The Morgan fingerprint density at radius 3 is 1.58 bits per heavy atom. The summed E-state index contributed by atoms with van der Waals surface area (Å²) >= 11 is 0.987. The van der Waals surface area contributed by atoms with E-state index in [9.17, 15) is 39.6 Å². The smallest absolute Gasteiger partial charge is 0.0197 e. The molecule has 17 nitrogen and oxygen atoms in total. The summed E-state index contributed by atoms with van der Waals surface area (Å²) in [4.78, 5) is 55.1. The van der Waals surface area contributed by atoms with Crippen LogP contribution in [0, 0.1) is 38.5 Å². The quantitative estimate of drug-likeness (QED) is 0.102. The molecule has 0 saturated carbocycles. The molecule has 0 spiro atoms. The van der Waals surface area contributed by atoms with Crippen molar-refractivity contribution in [2.24, 2.45) is 0 Å². The fourth-order valence-corrected chi connectivity index (χ4v) is 5.66. The Balaban J connectivity index is 2.10. The van der Waals surface area contributed by atoms with E-state index < -0.39 is 42.6 Å². The van der Waals surface area contributed by atoms with E-state index in [0.717, 1.165) is 44.1 Å². The average Bonchev–Trinajstić information content (AvgIpc) is 3.08. The molecule has 0 amide bonds. The second-order valence-corrected chi connectivity index (χ2v) is 11.9. The number of nitrogens with zero attached hydrogens (tertiary/aromatic N) is 4. The predicted molar refractivity (Wildman–Crippen MR) is 173 cm³/mol. The first-order valence-corrected chi connectivity index (χ1v) is 17.5. The molecule has 1 aromatic rings. The normalized spacial score (nSPS) is 17.3. The van der Waals surface area contributed by atoms with Crippen LogP contribution in [0.3, 0.4) is 0 Å². The Kier molecular flexibility index (Phi) is 22.7. The van der Waals surface area contributed by atoms with E-state index in [2.05, 4.69) is 0 Å². The van der Waals surface area contributed by atoms with Crippen molar-refractivity contribution in [3.63, 3.8) is 0 Å². The molecule has 18 heteroatoms. The zero-order valence-electron chi connectivity index (χ0n) is 28.5. The molecule has 0 bridgehead atoms. The molecule has 0 aliphatic carbocycles. The number of hydrogen-bond acceptors (Lipinski definition) is 14. The van der Waals surface area contributed by atoms with Crippen LogP contribution < -0.4 is 4.74 Å². The number of hydrogen-bond donors (Lipinski definition) is 4. The van der Waals surface area contributed by atoms with Gasteiger partial charge in [0.05, 0.1) is 33.0 Å². The molecule has 1 aliphatic heterocycles. The third kappa shape index (κ3) is 17.9. The number of carbonyl (C=O) groups is 4. The number of carboxylic acids is 3. The number of aliphatic hydroxyl groups excluding tert-OH is 1. The van der Waals surface area contributed by atoms with Gasteiger partial charge < -0.3 is 24.1 Å². The van der Waals surface area contributed by atoms with E-state index in [1.165, 1.54) is 0 Å². The van der Waals surface area contributed by atoms with Crippen LogP contribution in [0.4, 0.5) is 0 Å². The van der Waals surface area contributed by atoms with Crippen molar-refractivity contribution in [3.8, 4) is 5.75 Å². The van der Waals surface area contributed by atoms with Crippen molar-refractivity contribution in [1.29, 1.82) is 0 Å². The van der Waals surface area contributed by atoms with E-state index in [4.69, 9.17) is 20.1 Å². The third-order valence-electron chi connectivity index (χ3n) is 8.01. The Morgan fingerprint density at radius 2 is 1.16 bits per heavy atom. The summed E-state index contributed by atoms with van der Waals surface area (Å²) in [5, 5.41) is 39.4. The Hall–Kier alpha value is -2.10. The van der Waals surface area contributed by atoms with Crippen LogP contribution in [0.2, 0.25) is 0 Å². The monoisotopic (exact) mass is 857 g/mol. The molecule has 1 aliphatic rings. The number of carboxylic acid groups (broad SMARTS) is 3. The van der Waals surface area contributed by atoms with E-state index >= 15 is 0 Å². The minimum Gasteiger partial charge on any atom is -0.0553 e. The van der Waals surface area contributed by atoms with E-state index in [1.807, 2.05) is 6.92 Å². The van der Waals surface area contributed by atoms with E-state index in [-0.39, 0.29) is 71.9 Å². The predicted octanol–water partition coefficient (Wildman–Crippen LogP) is -1.11. The van der Waals surface area contributed by atoms with Crippen LogP contribution in [0.5, 0.6) is 5.75 Å². The molecule has 2 atom stereocenters. The molecule has 0 radical (unpaired) electrons. The van der Waals surface area contributed by atoms with Gasteiger partial charge in [-0.3, -0.25) is 4.79 Å². The molecule has 1 fully saturated rings. The van der Waals surface area contributed by atoms with Crippen LogP contribution in [0.15, 0.2) is 24.3 Å². The largest absolute Gasteiger partial charge is 0.0553 e. The van der Waals surface area contributed by atoms with Crippen molar-refractivity contribution >= 4 is 23.9 Å². The van der Waals surface area contributed by atoms with Gasteiger partial charge in [-0.15, -0.1) is 0 Å². The van der Waals surface area contributed by atoms with E-state index in [0.29, 0.717) is 52.0 Å². The first-order valence-electron chi connectivity index (χ1n) is 16.5. The third-order valence-corrected chi connectivity index (χ3v) is 8.47. The summed E-state index contributed by atoms with van der Waals surface area (Å²) in [6, 6.07) is 5.10. The van der Waals surface area contributed by atoms with Crippen LogP contribution in [-0.4, -0.2) is 194 Å². The van der Waals surface area contributed by atoms with Crippen molar-refractivity contribution < 1.29 is 98.2 Å². The molecule has 1 saturated heterocycles. The summed E-state index contributed by atoms with van der Waals surface area (Å²) < 4.78 is 26.7. The van der Waals surface area contributed by atoms with Crippen molar-refractivity contribution in [2.75, 3.05) is 118 Å². The average molecular weight is 857 g/mol. The van der Waals surface area contributed by atoms with Crippen molar-refractivity contribution in [2.45, 2.75) is 25.4 Å². The first-order chi connectivity index (χ1) is 24.1. The van der Waals surface area contributed by atoms with Gasteiger partial charge in [0.25, 0.3) is 0 Å². The Morgan fingerprint density at radius 1 is 0.700 bits per heavy atom. The summed E-state index contributed by atoms with van der Waals surface area (Å²) in [6.45, 7) is 5.57. The summed E-state index contributed by atoms with van der Waals surface area (Å²) in [5.74, 6) is -3.25. The fraction of sp³-hybridized carbons (Fsp3) is 0.688. The maximum atomic E-state index is 12.6. The molecule has 4 N–H and O–H groups in total. The minimum absolute atomic E-state index is 0.144. The van der Waals surface area contributed by atoms with Gasteiger partial charge in [0, 0.05) is 6.61 Å². The maximum Gasteiger partial charge on any atom is -0.0197 e. The molecule has 2 unspecified atom stereocenters. The Bertz CT molecular complexity index is 1120. The molecule has 0 aromatic heterocycles. The summed E-state index contributed by atoms with van der Waals surface area (Å²) in [5.41, 5.74) is 0.746. The van der Waals surface area contributed by atoms with Gasteiger partial charge in [-0.1, -0.05) is 12.1 Å². The van der Waals surface area contributed by atoms with Gasteiger partial charge in [0.1, 0.15) is 12.4 Å².